The highest BCUT2D eigenvalue weighted by Crippen LogP contribution is 2.03. The molecule has 0 heterocycles. The van der Waals surface area contributed by atoms with Gasteiger partial charge < -0.3 is 14.9 Å². The van der Waals surface area contributed by atoms with Crippen molar-refractivity contribution >= 4 is 17.7 Å². The number of rotatable bonds is 3. The molecule has 5 heteroatoms. The third-order valence-electron chi connectivity index (χ3n) is 1.31. The molecule has 0 aromatic rings. The van der Waals surface area contributed by atoms with Crippen molar-refractivity contribution in [3.05, 3.63) is 0 Å². The maximum Gasteiger partial charge on any atom is 0.325 e. The minimum absolute atomic E-state index is 0.0892. The molecule has 0 aromatic heterocycles. The molecule has 0 aliphatic rings. The smallest absolute Gasteiger partial charge is 0.325 e. The molecule has 0 aliphatic carbocycles. The maximum absolute atomic E-state index is 10.9. The predicted molar refractivity (Wildman–Crippen MR) is 40.9 cm³/mol. The molecule has 1 N–H and O–H groups in total. The van der Waals surface area contributed by atoms with Crippen LogP contribution in [0.1, 0.15) is 6.92 Å². The van der Waals surface area contributed by atoms with Gasteiger partial charge in [-0.2, -0.15) is 0 Å². The summed E-state index contributed by atoms with van der Waals surface area (Å²) in [7, 11) is 2.31. The fourth-order valence-corrected chi connectivity index (χ4v) is 0.685. The van der Waals surface area contributed by atoms with Crippen LogP contribution >= 0.6 is 0 Å². The van der Waals surface area contributed by atoms with E-state index in [-0.39, 0.29) is 5.71 Å². The van der Waals surface area contributed by atoms with Crippen molar-refractivity contribution in [2.24, 2.45) is 5.92 Å². The van der Waals surface area contributed by atoms with Crippen LogP contribution in [0.4, 0.5) is 0 Å². The van der Waals surface area contributed by atoms with E-state index >= 15 is 0 Å². The largest absolute Gasteiger partial charge is 0.468 e. The number of hydrogen-bond acceptors (Lipinski definition) is 5. The Labute approximate surface area is 70.2 Å². The van der Waals surface area contributed by atoms with E-state index in [1.165, 1.54) is 6.92 Å². The van der Waals surface area contributed by atoms with Crippen molar-refractivity contribution in [1.29, 1.82) is 5.41 Å². The first-order valence-electron chi connectivity index (χ1n) is 3.25. The van der Waals surface area contributed by atoms with Crippen LogP contribution in [-0.4, -0.2) is 31.9 Å². The first-order chi connectivity index (χ1) is 5.54. The van der Waals surface area contributed by atoms with E-state index in [1.807, 2.05) is 0 Å². The minimum atomic E-state index is -1.22. The highest BCUT2D eigenvalue weighted by atomic mass is 16.5. The van der Waals surface area contributed by atoms with Gasteiger partial charge in [0.05, 0.1) is 14.2 Å². The van der Waals surface area contributed by atoms with E-state index in [1.54, 1.807) is 0 Å². The Bertz CT molecular complexity index is 195. The number of esters is 2. The number of hydrogen-bond donors (Lipinski definition) is 1. The van der Waals surface area contributed by atoms with E-state index in [4.69, 9.17) is 5.41 Å². The van der Waals surface area contributed by atoms with Gasteiger partial charge in [0, 0.05) is 5.71 Å². The van der Waals surface area contributed by atoms with Gasteiger partial charge in [-0.15, -0.1) is 0 Å². The van der Waals surface area contributed by atoms with E-state index in [9.17, 15) is 9.59 Å². The zero-order valence-electron chi connectivity index (χ0n) is 7.21. The Hall–Kier alpha value is -1.39. The Morgan fingerprint density at radius 3 is 1.67 bits per heavy atom. The molecule has 5 nitrogen and oxygen atoms in total. The highest BCUT2D eigenvalue weighted by Gasteiger charge is 2.30. The van der Waals surface area contributed by atoms with E-state index in [0.717, 1.165) is 14.2 Å². The van der Waals surface area contributed by atoms with Crippen LogP contribution in [0.5, 0.6) is 0 Å². The van der Waals surface area contributed by atoms with Gasteiger partial charge in [-0.3, -0.25) is 9.59 Å². The molecule has 68 valence electrons. The summed E-state index contributed by atoms with van der Waals surface area (Å²) < 4.78 is 8.63. The van der Waals surface area contributed by atoms with Crippen LogP contribution in [0, 0.1) is 11.3 Å². The second-order valence-electron chi connectivity index (χ2n) is 2.16. The Morgan fingerprint density at radius 1 is 1.17 bits per heavy atom. The molecule has 12 heavy (non-hydrogen) atoms. The molecule has 0 atom stereocenters. The molecule has 0 bridgehead atoms. The van der Waals surface area contributed by atoms with E-state index in [2.05, 4.69) is 9.47 Å². The van der Waals surface area contributed by atoms with Gasteiger partial charge in [0.15, 0.2) is 5.92 Å². The zero-order chi connectivity index (χ0) is 9.72. The Kier molecular flexibility index (Phi) is 3.96. The molecular formula is C7H11NO4. The summed E-state index contributed by atoms with van der Waals surface area (Å²) in [5.74, 6) is -2.76. The normalized spacial score (nSPS) is 9.33. The van der Waals surface area contributed by atoms with Gasteiger partial charge in [0.2, 0.25) is 0 Å². The molecule has 0 saturated carbocycles. The molecule has 0 fully saturated rings. The van der Waals surface area contributed by atoms with Crippen molar-refractivity contribution in [1.82, 2.24) is 0 Å². The third kappa shape index (κ3) is 2.34. The third-order valence-corrected chi connectivity index (χ3v) is 1.31. The number of methoxy groups -OCH3 is 2. The van der Waals surface area contributed by atoms with Crippen LogP contribution in [-0.2, 0) is 19.1 Å². The molecule has 0 radical (unpaired) electrons. The van der Waals surface area contributed by atoms with Gasteiger partial charge in [-0.05, 0) is 6.92 Å². The SMILES string of the molecule is COC(=O)C(C(C)=N)C(=O)OC. The second kappa shape index (κ2) is 4.48. The Balaban J connectivity index is 4.55. The van der Waals surface area contributed by atoms with Crippen molar-refractivity contribution < 1.29 is 19.1 Å². The van der Waals surface area contributed by atoms with Crippen LogP contribution in [0.3, 0.4) is 0 Å². The maximum atomic E-state index is 10.9. The summed E-state index contributed by atoms with van der Waals surface area (Å²) >= 11 is 0. The van der Waals surface area contributed by atoms with E-state index in [0.29, 0.717) is 0 Å². The van der Waals surface area contributed by atoms with Gasteiger partial charge in [-0.25, -0.2) is 0 Å². The first-order valence-corrected chi connectivity index (χ1v) is 3.25. The van der Waals surface area contributed by atoms with Gasteiger partial charge in [-0.1, -0.05) is 0 Å². The summed E-state index contributed by atoms with van der Waals surface area (Å²) in [6.45, 7) is 1.35. The number of nitrogens with one attached hydrogen (secondary N) is 1. The predicted octanol–water partition coefficient (Wildman–Crippen LogP) is -0.0117. The second-order valence-corrected chi connectivity index (χ2v) is 2.16. The van der Waals surface area contributed by atoms with Crippen molar-refractivity contribution in [3.63, 3.8) is 0 Å². The number of carbonyl (C=O) groups excluding carboxylic acids is 2. The lowest BCUT2D eigenvalue weighted by Gasteiger charge is -2.09. The zero-order valence-corrected chi connectivity index (χ0v) is 7.21. The standard InChI is InChI=1S/C7H11NO4/c1-4(8)5(6(9)11-2)7(10)12-3/h5,8H,1-3H3. The average molecular weight is 173 g/mol. The highest BCUT2D eigenvalue weighted by molar-refractivity contribution is 6.15. The summed E-state index contributed by atoms with van der Waals surface area (Å²) in [5.41, 5.74) is -0.0892. The van der Waals surface area contributed by atoms with Crippen molar-refractivity contribution in [2.75, 3.05) is 14.2 Å². The quantitative estimate of drug-likeness (QED) is 0.370. The van der Waals surface area contributed by atoms with Crippen molar-refractivity contribution in [3.8, 4) is 0 Å². The molecule has 0 amide bonds. The minimum Gasteiger partial charge on any atom is -0.468 e. The first kappa shape index (κ1) is 10.6. The lowest BCUT2D eigenvalue weighted by Crippen LogP contribution is -2.31. The molecule has 0 aliphatic heterocycles. The lowest BCUT2D eigenvalue weighted by molar-refractivity contribution is -0.155. The summed E-state index contributed by atoms with van der Waals surface area (Å²) in [6.07, 6.45) is 0. The summed E-state index contributed by atoms with van der Waals surface area (Å²) in [5, 5.41) is 7.12. The summed E-state index contributed by atoms with van der Waals surface area (Å²) in [6, 6.07) is 0. The molecule has 0 spiro atoms. The molecule has 0 aromatic carbocycles. The molecule has 0 rings (SSSR count). The Morgan fingerprint density at radius 2 is 1.50 bits per heavy atom. The van der Waals surface area contributed by atoms with Crippen LogP contribution in [0.15, 0.2) is 0 Å². The molecular weight excluding hydrogens is 162 g/mol. The van der Waals surface area contributed by atoms with Gasteiger partial charge >= 0.3 is 11.9 Å². The number of carbonyl (C=O) groups is 2. The monoisotopic (exact) mass is 173 g/mol. The van der Waals surface area contributed by atoms with Crippen LogP contribution in [0.25, 0.3) is 0 Å². The van der Waals surface area contributed by atoms with Gasteiger partial charge in [0.25, 0.3) is 0 Å². The number of ether oxygens (including phenoxy) is 2. The lowest BCUT2D eigenvalue weighted by atomic mass is 10.1. The topological polar surface area (TPSA) is 76.5 Å². The average Bonchev–Trinajstić information content (AvgIpc) is 2.03. The fraction of sp³-hybridized carbons (Fsp3) is 0.571. The van der Waals surface area contributed by atoms with Crippen molar-refractivity contribution in [2.45, 2.75) is 6.92 Å². The fourth-order valence-electron chi connectivity index (χ4n) is 0.685. The van der Waals surface area contributed by atoms with Crippen LogP contribution < -0.4 is 0 Å². The molecule has 0 saturated heterocycles. The van der Waals surface area contributed by atoms with Crippen LogP contribution in [0.2, 0.25) is 0 Å². The van der Waals surface area contributed by atoms with Gasteiger partial charge in [0.1, 0.15) is 0 Å². The molecule has 0 unspecified atom stereocenters. The summed E-state index contributed by atoms with van der Waals surface area (Å²) in [4.78, 5) is 21.8. The van der Waals surface area contributed by atoms with E-state index < -0.39 is 17.9 Å².